The summed E-state index contributed by atoms with van der Waals surface area (Å²) in [5, 5.41) is 27.6. The zero-order valence-electron chi connectivity index (χ0n) is 24.6. The number of aryl methyl sites for hydroxylation is 1. The van der Waals surface area contributed by atoms with Crippen molar-refractivity contribution in [2.45, 2.75) is 57.8 Å². The van der Waals surface area contributed by atoms with Crippen LogP contribution in [0.3, 0.4) is 0 Å². The van der Waals surface area contributed by atoms with Crippen LogP contribution >= 0.6 is 11.6 Å². The van der Waals surface area contributed by atoms with Crippen LogP contribution in [-0.2, 0) is 12.2 Å². The number of hydrogen-bond acceptors (Lipinski definition) is 8. The van der Waals surface area contributed by atoms with Crippen LogP contribution in [-0.4, -0.2) is 64.7 Å². The molecule has 3 heterocycles. The van der Waals surface area contributed by atoms with Crippen LogP contribution in [0.15, 0.2) is 36.5 Å². The number of alkyl halides is 7. The average Bonchev–Trinajstić information content (AvgIpc) is 3.59. The molecule has 1 aromatic carbocycles. The van der Waals surface area contributed by atoms with Gasteiger partial charge in [0.1, 0.15) is 12.2 Å². The normalized spacial score (nSPS) is 12.5. The van der Waals surface area contributed by atoms with E-state index in [0.29, 0.717) is 5.56 Å². The van der Waals surface area contributed by atoms with Crippen LogP contribution in [0.5, 0.6) is 0 Å². The molecule has 47 heavy (non-hydrogen) atoms. The number of aromatic nitrogens is 7. The van der Waals surface area contributed by atoms with E-state index in [4.69, 9.17) is 11.6 Å². The molecule has 0 spiro atoms. The average molecular weight is 687 g/mol. The van der Waals surface area contributed by atoms with Gasteiger partial charge in [0.05, 0.1) is 33.6 Å². The maximum atomic E-state index is 14.4. The number of carbonyl (C=O) groups is 2. The van der Waals surface area contributed by atoms with Crippen LogP contribution in [0.25, 0.3) is 5.82 Å². The van der Waals surface area contributed by atoms with Crippen molar-refractivity contribution in [1.29, 1.82) is 5.26 Å². The second-order valence-electron chi connectivity index (χ2n) is 11.0. The molecule has 4 aromatic rings. The summed E-state index contributed by atoms with van der Waals surface area (Å²) in [4.78, 5) is 31.2. The number of nitrogens with one attached hydrogen (secondary N) is 2. The molecule has 0 saturated carbocycles. The molecule has 2 amide bonds. The zero-order chi connectivity index (χ0) is 35.1. The van der Waals surface area contributed by atoms with Gasteiger partial charge in [-0.3, -0.25) is 9.59 Å². The molecule has 0 bridgehead atoms. The predicted octanol–water partition coefficient (Wildman–Crippen LogP) is 5.21. The molecule has 0 saturated heterocycles. The van der Waals surface area contributed by atoms with Crippen molar-refractivity contribution in [3.05, 3.63) is 75.5 Å². The van der Waals surface area contributed by atoms with Crippen LogP contribution < -0.4 is 10.6 Å². The standard InChI is InChI=1S/C27H22ClF7N10O2/c1-13-8-14(11-36)9-16(21(46)39-24(2,3)4)19(13)38-22(47)18-10-15(41-45(18)20-17(28)6-5-7-37-20)12-44-42-23(40-43-44)25(29,26(30,31)32)27(33,34)35/h5-10H,12H2,1-4H3,(H,38,47)(H,39,46). The second-order valence-corrected chi connectivity index (χ2v) is 11.4. The number of amides is 2. The Morgan fingerprint density at radius 3 is 2.23 bits per heavy atom. The van der Waals surface area contributed by atoms with Crippen molar-refractivity contribution in [2.75, 3.05) is 5.32 Å². The van der Waals surface area contributed by atoms with E-state index in [1.54, 1.807) is 20.8 Å². The van der Waals surface area contributed by atoms with Gasteiger partial charge >= 0.3 is 18.0 Å². The zero-order valence-corrected chi connectivity index (χ0v) is 25.3. The minimum Gasteiger partial charge on any atom is -0.347 e. The lowest BCUT2D eigenvalue weighted by Crippen LogP contribution is -2.51. The lowest BCUT2D eigenvalue weighted by molar-refractivity contribution is -0.351. The van der Waals surface area contributed by atoms with E-state index in [0.717, 1.165) is 10.7 Å². The number of nitrogens with zero attached hydrogens (tertiary/aromatic N) is 8. The highest BCUT2D eigenvalue weighted by Gasteiger charge is 2.76. The van der Waals surface area contributed by atoms with Crippen LogP contribution in [0, 0.1) is 18.3 Å². The molecule has 2 N–H and O–H groups in total. The fraction of sp³-hybridized carbons (Fsp3) is 0.333. The van der Waals surface area contributed by atoms with Gasteiger partial charge in [0.2, 0.25) is 5.82 Å². The van der Waals surface area contributed by atoms with E-state index in [9.17, 15) is 45.6 Å². The molecule has 0 fully saturated rings. The van der Waals surface area contributed by atoms with Gasteiger partial charge in [0.15, 0.2) is 5.82 Å². The van der Waals surface area contributed by atoms with Crippen LogP contribution in [0.2, 0.25) is 5.02 Å². The monoisotopic (exact) mass is 686 g/mol. The largest absolute Gasteiger partial charge is 0.439 e. The number of benzene rings is 1. The molecule has 0 aliphatic heterocycles. The first-order valence-corrected chi connectivity index (χ1v) is 13.5. The van der Waals surface area contributed by atoms with E-state index < -0.39 is 47.7 Å². The second kappa shape index (κ2) is 12.2. The molecule has 0 aliphatic rings. The molecule has 0 atom stereocenters. The first-order chi connectivity index (χ1) is 21.7. The molecular weight excluding hydrogens is 665 g/mol. The van der Waals surface area contributed by atoms with Crippen LogP contribution in [0.1, 0.15) is 64.3 Å². The molecule has 12 nitrogen and oxygen atoms in total. The summed E-state index contributed by atoms with van der Waals surface area (Å²) in [5.41, 5.74) is -6.77. The van der Waals surface area contributed by atoms with Gasteiger partial charge < -0.3 is 10.6 Å². The predicted molar refractivity (Wildman–Crippen MR) is 149 cm³/mol. The van der Waals surface area contributed by atoms with E-state index in [1.165, 1.54) is 37.4 Å². The Balaban J connectivity index is 1.77. The summed E-state index contributed by atoms with van der Waals surface area (Å²) in [6.45, 7) is 5.89. The Labute approximate surface area is 265 Å². The Kier molecular flexibility index (Phi) is 9.05. The Hall–Kier alpha value is -5.12. The van der Waals surface area contributed by atoms with Gasteiger partial charge in [-0.1, -0.05) is 11.6 Å². The highest BCUT2D eigenvalue weighted by atomic mass is 35.5. The minimum absolute atomic E-state index is 0.0124. The van der Waals surface area contributed by atoms with Gasteiger partial charge in [-0.2, -0.15) is 41.5 Å². The fourth-order valence-corrected chi connectivity index (χ4v) is 4.35. The quantitative estimate of drug-likeness (QED) is 0.251. The van der Waals surface area contributed by atoms with Gasteiger partial charge in [-0.05, 0) is 68.8 Å². The maximum absolute atomic E-state index is 14.4. The minimum atomic E-state index is -6.46. The number of carbonyl (C=O) groups excluding carboxylic acids is 2. The lowest BCUT2D eigenvalue weighted by atomic mass is 10.0. The summed E-state index contributed by atoms with van der Waals surface area (Å²) in [5.74, 6) is -3.96. The summed E-state index contributed by atoms with van der Waals surface area (Å²) in [7, 11) is 0. The molecule has 3 aromatic heterocycles. The highest BCUT2D eigenvalue weighted by molar-refractivity contribution is 6.32. The first-order valence-electron chi connectivity index (χ1n) is 13.2. The molecule has 20 heteroatoms. The van der Waals surface area contributed by atoms with E-state index in [2.05, 4.69) is 36.1 Å². The van der Waals surface area contributed by atoms with Gasteiger partial charge in [-0.25, -0.2) is 14.1 Å². The summed E-state index contributed by atoms with van der Waals surface area (Å²) in [6.07, 6.45) is -11.6. The van der Waals surface area contributed by atoms with E-state index in [-0.39, 0.29) is 43.8 Å². The number of tetrazole rings is 1. The number of anilines is 1. The van der Waals surface area contributed by atoms with E-state index in [1.807, 2.05) is 6.07 Å². The highest BCUT2D eigenvalue weighted by Crippen LogP contribution is 2.51. The molecule has 0 unspecified atom stereocenters. The Bertz CT molecular complexity index is 1870. The number of nitriles is 1. The Morgan fingerprint density at radius 1 is 1.00 bits per heavy atom. The number of halogens is 8. The fourth-order valence-electron chi connectivity index (χ4n) is 4.15. The third-order valence-corrected chi connectivity index (χ3v) is 6.51. The first kappa shape index (κ1) is 34.7. The number of rotatable bonds is 7. The SMILES string of the molecule is Cc1cc(C#N)cc(C(=O)NC(C)(C)C)c1NC(=O)c1cc(Cn2nnc(C(F)(C(F)(F)F)C(F)(F)F)n2)nn1-c1ncccc1Cl. The third kappa shape index (κ3) is 7.01. The molecule has 4 rings (SSSR count). The Morgan fingerprint density at radius 2 is 1.66 bits per heavy atom. The van der Waals surface area contributed by atoms with Gasteiger partial charge in [0, 0.05) is 11.7 Å². The maximum Gasteiger partial charge on any atom is 0.439 e. The summed E-state index contributed by atoms with van der Waals surface area (Å²) in [6, 6.07) is 8.54. The van der Waals surface area contributed by atoms with Crippen LogP contribution in [0.4, 0.5) is 36.4 Å². The van der Waals surface area contributed by atoms with Crippen molar-refractivity contribution in [3.63, 3.8) is 0 Å². The topological polar surface area (TPSA) is 156 Å². The van der Waals surface area contributed by atoms with Crippen molar-refractivity contribution >= 4 is 29.1 Å². The summed E-state index contributed by atoms with van der Waals surface area (Å²) < 4.78 is 94.4. The smallest absolute Gasteiger partial charge is 0.347 e. The van der Waals surface area contributed by atoms with E-state index >= 15 is 0 Å². The van der Waals surface area contributed by atoms with Crippen molar-refractivity contribution < 1.29 is 40.3 Å². The van der Waals surface area contributed by atoms with Crippen molar-refractivity contribution in [1.82, 2.24) is 40.3 Å². The van der Waals surface area contributed by atoms with Gasteiger partial charge in [-0.15, -0.1) is 10.2 Å². The number of hydrogen-bond donors (Lipinski definition) is 2. The molecule has 0 radical (unpaired) electrons. The number of pyridine rings is 1. The molecule has 248 valence electrons. The lowest BCUT2D eigenvalue weighted by Gasteiger charge is -2.26. The molecular formula is C27H22ClF7N10O2. The van der Waals surface area contributed by atoms with Crippen molar-refractivity contribution in [3.8, 4) is 11.9 Å². The molecule has 0 aliphatic carbocycles. The summed E-state index contributed by atoms with van der Waals surface area (Å²) >= 11 is 6.26. The third-order valence-electron chi connectivity index (χ3n) is 6.21. The van der Waals surface area contributed by atoms with Crippen molar-refractivity contribution in [2.24, 2.45) is 0 Å². The van der Waals surface area contributed by atoms with Gasteiger partial charge in [0.25, 0.3) is 11.8 Å².